The Morgan fingerprint density at radius 3 is 3.00 bits per heavy atom. The Labute approximate surface area is 109 Å². The molecule has 1 unspecified atom stereocenters. The summed E-state index contributed by atoms with van der Waals surface area (Å²) in [6, 6.07) is -0.278. The second-order valence-electron chi connectivity index (χ2n) is 4.08. The average molecular weight is 287 g/mol. The summed E-state index contributed by atoms with van der Waals surface area (Å²) in [5, 5.41) is 0.716. The Balaban J connectivity index is 2.22. The molecule has 1 saturated heterocycles. The van der Waals surface area contributed by atoms with Crippen molar-refractivity contribution in [3.05, 3.63) is 11.2 Å². The maximum absolute atomic E-state index is 12.3. The van der Waals surface area contributed by atoms with Crippen LogP contribution in [0.1, 0.15) is 17.8 Å². The lowest BCUT2D eigenvalue weighted by atomic mass is 10.1. The molecule has 0 spiro atoms. The Hall–Kier alpha value is -1.08. The molecule has 2 heterocycles. The summed E-state index contributed by atoms with van der Waals surface area (Å²) in [4.78, 5) is 17.8. The molecule has 0 aromatic carbocycles. The van der Waals surface area contributed by atoms with Gasteiger partial charge in [0.2, 0.25) is 6.08 Å². The molecule has 2 rings (SSSR count). The smallest absolute Gasteiger partial charge is 0.249 e. The first-order valence-corrected chi connectivity index (χ1v) is 7.79. The molecule has 1 aliphatic rings. The monoisotopic (exact) mass is 287 g/mol. The maximum Gasteiger partial charge on any atom is 0.254 e. The molecule has 1 fully saturated rings. The molecule has 1 aromatic heterocycles. The maximum atomic E-state index is 12.3. The molecule has 18 heavy (non-hydrogen) atoms. The Morgan fingerprint density at radius 1 is 1.61 bits per heavy atom. The van der Waals surface area contributed by atoms with Crippen LogP contribution >= 0.6 is 11.3 Å². The number of isocyanates is 1. The van der Waals surface area contributed by atoms with Crippen molar-refractivity contribution in [3.63, 3.8) is 0 Å². The quantitative estimate of drug-likeness (QED) is 0.612. The average Bonchev–Trinajstić information content (AvgIpc) is 2.77. The summed E-state index contributed by atoms with van der Waals surface area (Å²) in [6.07, 6.45) is 4.30. The predicted molar refractivity (Wildman–Crippen MR) is 66.8 cm³/mol. The van der Waals surface area contributed by atoms with Crippen LogP contribution in [-0.4, -0.2) is 42.9 Å². The van der Waals surface area contributed by atoms with Gasteiger partial charge in [0, 0.05) is 13.1 Å². The number of rotatable bonds is 3. The third-order valence-electron chi connectivity index (χ3n) is 2.79. The standard InChI is InChI=1S/C10H13N3O3S2/c1-8-11-5-10(17-8)18(15,16)13-4-2-3-9(6-13)12-7-14/h5,9H,2-4,6H2,1H3. The highest BCUT2D eigenvalue weighted by Crippen LogP contribution is 2.25. The molecule has 1 atom stereocenters. The summed E-state index contributed by atoms with van der Waals surface area (Å²) >= 11 is 1.15. The number of piperidine rings is 1. The van der Waals surface area contributed by atoms with E-state index in [-0.39, 0.29) is 16.8 Å². The zero-order valence-corrected chi connectivity index (χ0v) is 11.5. The highest BCUT2D eigenvalue weighted by molar-refractivity contribution is 7.91. The largest absolute Gasteiger partial charge is 0.254 e. The SMILES string of the molecule is Cc1ncc(S(=O)(=O)N2CCCC(N=C=O)C2)s1. The van der Waals surface area contributed by atoms with Crippen molar-refractivity contribution in [2.75, 3.05) is 13.1 Å². The topological polar surface area (TPSA) is 79.7 Å². The van der Waals surface area contributed by atoms with Crippen molar-refractivity contribution in [2.45, 2.75) is 30.0 Å². The molecule has 0 aliphatic carbocycles. The first kappa shape index (κ1) is 13.4. The van der Waals surface area contributed by atoms with Gasteiger partial charge in [0.25, 0.3) is 10.0 Å². The highest BCUT2D eigenvalue weighted by atomic mass is 32.2. The van der Waals surface area contributed by atoms with E-state index in [4.69, 9.17) is 0 Å². The van der Waals surface area contributed by atoms with E-state index < -0.39 is 10.0 Å². The number of nitrogens with zero attached hydrogens (tertiary/aromatic N) is 3. The lowest BCUT2D eigenvalue weighted by molar-refractivity contribution is 0.317. The summed E-state index contributed by atoms with van der Waals surface area (Å²) in [5.74, 6) is 0. The number of thiazole rings is 1. The summed E-state index contributed by atoms with van der Waals surface area (Å²) in [5.41, 5.74) is 0. The molecule has 6 nitrogen and oxygen atoms in total. The summed E-state index contributed by atoms with van der Waals surface area (Å²) < 4.78 is 26.2. The number of carbonyl (C=O) groups excluding carboxylic acids is 1. The Bertz CT molecular complexity index is 575. The van der Waals surface area contributed by atoms with E-state index in [1.165, 1.54) is 16.6 Å². The molecular weight excluding hydrogens is 274 g/mol. The fourth-order valence-electron chi connectivity index (χ4n) is 1.91. The third-order valence-corrected chi connectivity index (χ3v) is 6.00. The van der Waals surface area contributed by atoms with Crippen LogP contribution in [0.2, 0.25) is 0 Å². The molecular formula is C10H13N3O3S2. The minimum Gasteiger partial charge on any atom is -0.249 e. The first-order chi connectivity index (χ1) is 8.54. The molecule has 0 amide bonds. The number of sulfonamides is 1. The second kappa shape index (κ2) is 5.27. The molecule has 8 heteroatoms. The molecule has 1 aromatic rings. The van der Waals surface area contributed by atoms with Gasteiger partial charge < -0.3 is 0 Å². The van der Waals surface area contributed by atoms with Gasteiger partial charge in [-0.2, -0.15) is 4.31 Å². The number of hydrogen-bond acceptors (Lipinski definition) is 6. The van der Waals surface area contributed by atoms with Crippen LogP contribution in [0.3, 0.4) is 0 Å². The van der Waals surface area contributed by atoms with Gasteiger partial charge in [-0.25, -0.2) is 23.2 Å². The van der Waals surface area contributed by atoms with Crippen LogP contribution < -0.4 is 0 Å². The van der Waals surface area contributed by atoms with Crippen LogP contribution in [0.15, 0.2) is 15.4 Å². The number of aryl methyl sites for hydroxylation is 1. The Morgan fingerprint density at radius 2 is 2.39 bits per heavy atom. The van der Waals surface area contributed by atoms with Crippen molar-refractivity contribution in [1.29, 1.82) is 0 Å². The normalized spacial score (nSPS) is 21.5. The predicted octanol–water partition coefficient (Wildman–Crippen LogP) is 0.940. The third kappa shape index (κ3) is 2.67. The van der Waals surface area contributed by atoms with Gasteiger partial charge >= 0.3 is 0 Å². The molecule has 0 N–H and O–H groups in total. The minimum absolute atomic E-state index is 0.245. The Kier molecular flexibility index (Phi) is 3.91. The highest BCUT2D eigenvalue weighted by Gasteiger charge is 2.31. The van der Waals surface area contributed by atoms with Crippen LogP contribution in [0.25, 0.3) is 0 Å². The molecule has 0 saturated carbocycles. The van der Waals surface area contributed by atoms with Gasteiger partial charge in [-0.05, 0) is 19.8 Å². The van der Waals surface area contributed by atoms with Gasteiger partial charge in [0.15, 0.2) is 4.21 Å². The van der Waals surface area contributed by atoms with E-state index in [1.54, 1.807) is 6.92 Å². The summed E-state index contributed by atoms with van der Waals surface area (Å²) in [6.45, 7) is 2.47. The number of aliphatic imine (C=N–C) groups is 1. The summed E-state index contributed by atoms with van der Waals surface area (Å²) in [7, 11) is -3.49. The van der Waals surface area contributed by atoms with E-state index >= 15 is 0 Å². The fraction of sp³-hybridized carbons (Fsp3) is 0.600. The fourth-order valence-corrected chi connectivity index (χ4v) is 4.69. The van der Waals surface area contributed by atoms with Crippen molar-refractivity contribution in [1.82, 2.24) is 9.29 Å². The zero-order chi connectivity index (χ0) is 13.2. The minimum atomic E-state index is -3.49. The van der Waals surface area contributed by atoms with Crippen molar-refractivity contribution >= 4 is 27.4 Å². The van der Waals surface area contributed by atoms with Crippen LogP contribution in [0.4, 0.5) is 0 Å². The molecule has 0 radical (unpaired) electrons. The van der Waals surface area contributed by atoms with Crippen molar-refractivity contribution in [2.24, 2.45) is 4.99 Å². The van der Waals surface area contributed by atoms with Crippen LogP contribution in [0.5, 0.6) is 0 Å². The van der Waals surface area contributed by atoms with Gasteiger partial charge in [-0.15, -0.1) is 11.3 Å². The number of aromatic nitrogens is 1. The van der Waals surface area contributed by atoms with E-state index in [9.17, 15) is 13.2 Å². The number of hydrogen-bond donors (Lipinski definition) is 0. The zero-order valence-electron chi connectivity index (χ0n) is 9.87. The van der Waals surface area contributed by atoms with E-state index in [0.29, 0.717) is 18.0 Å². The van der Waals surface area contributed by atoms with Gasteiger partial charge in [-0.3, -0.25) is 0 Å². The molecule has 98 valence electrons. The van der Waals surface area contributed by atoms with Gasteiger partial charge in [0.1, 0.15) is 0 Å². The van der Waals surface area contributed by atoms with E-state index in [0.717, 1.165) is 17.8 Å². The lowest BCUT2D eigenvalue weighted by Gasteiger charge is -2.28. The molecule has 1 aliphatic heterocycles. The van der Waals surface area contributed by atoms with Crippen molar-refractivity contribution in [3.8, 4) is 0 Å². The van der Waals surface area contributed by atoms with Crippen molar-refractivity contribution < 1.29 is 13.2 Å². The second-order valence-corrected chi connectivity index (χ2v) is 7.48. The van der Waals surface area contributed by atoms with Gasteiger partial charge in [0.05, 0.1) is 17.2 Å². The lowest BCUT2D eigenvalue weighted by Crippen LogP contribution is -2.41. The van der Waals surface area contributed by atoms with E-state index in [1.807, 2.05) is 0 Å². The molecule has 0 bridgehead atoms. The van der Waals surface area contributed by atoms with Gasteiger partial charge in [-0.1, -0.05) is 0 Å². The van der Waals surface area contributed by atoms with E-state index in [2.05, 4.69) is 9.98 Å². The van der Waals surface area contributed by atoms with Crippen LogP contribution in [0, 0.1) is 6.92 Å². The van der Waals surface area contributed by atoms with Crippen LogP contribution in [-0.2, 0) is 14.8 Å². The first-order valence-electron chi connectivity index (χ1n) is 5.53.